The summed E-state index contributed by atoms with van der Waals surface area (Å²) >= 11 is 1.94. The molecule has 0 radical (unpaired) electrons. The van der Waals surface area contributed by atoms with Crippen LogP contribution in [0.25, 0.3) is 0 Å². The van der Waals surface area contributed by atoms with Crippen molar-refractivity contribution >= 4 is 16.9 Å². The van der Waals surface area contributed by atoms with Crippen LogP contribution < -0.4 is 0 Å². The molecule has 0 spiro atoms. The summed E-state index contributed by atoms with van der Waals surface area (Å²) in [6.07, 6.45) is 1.11. The maximum atomic E-state index is 5.39. The van der Waals surface area contributed by atoms with Crippen molar-refractivity contribution in [3.63, 3.8) is 0 Å². The van der Waals surface area contributed by atoms with Gasteiger partial charge in [0.15, 0.2) is 5.17 Å². The predicted molar refractivity (Wildman–Crippen MR) is 81.0 cm³/mol. The number of hydrogen-bond donors (Lipinski definition) is 0. The maximum absolute atomic E-state index is 5.39. The Bertz CT molecular complexity index is 469. The van der Waals surface area contributed by atoms with Gasteiger partial charge < -0.3 is 9.64 Å². The Morgan fingerprint density at radius 3 is 3.00 bits per heavy atom. The molecular weight excluding hydrogens is 256 g/mol. The van der Waals surface area contributed by atoms with Crippen LogP contribution in [0.5, 0.6) is 0 Å². The molecule has 1 aromatic carbocycles. The molecule has 4 heteroatoms. The first kappa shape index (κ1) is 13.0. The van der Waals surface area contributed by atoms with Crippen LogP contribution in [0.2, 0.25) is 0 Å². The number of rotatable bonds is 2. The maximum Gasteiger partial charge on any atom is 0.159 e. The number of hydrogen-bond acceptors (Lipinski definition) is 4. The Kier molecular flexibility index (Phi) is 4.09. The van der Waals surface area contributed by atoms with E-state index in [1.807, 2.05) is 11.8 Å². The van der Waals surface area contributed by atoms with Crippen LogP contribution in [0.3, 0.4) is 0 Å². The van der Waals surface area contributed by atoms with Crippen LogP contribution in [-0.4, -0.2) is 48.2 Å². The molecule has 0 N–H and O–H groups in total. The monoisotopic (exact) mass is 276 g/mol. The Balaban J connectivity index is 1.55. The van der Waals surface area contributed by atoms with Crippen molar-refractivity contribution in [3.8, 4) is 0 Å². The SMILES string of the molecule is Cc1cccc(CC2CN=C(N3CCOCC3)S2)c1. The van der Waals surface area contributed by atoms with Crippen molar-refractivity contribution < 1.29 is 4.74 Å². The summed E-state index contributed by atoms with van der Waals surface area (Å²) in [5.41, 5.74) is 2.77. The first-order valence-corrected chi connectivity index (χ1v) is 7.78. The molecule has 2 aliphatic heterocycles. The Morgan fingerprint density at radius 1 is 1.37 bits per heavy atom. The fraction of sp³-hybridized carbons (Fsp3) is 0.533. The number of ether oxygens (including phenoxy) is 1. The summed E-state index contributed by atoms with van der Waals surface area (Å²) < 4.78 is 5.39. The molecule has 2 heterocycles. The van der Waals surface area contributed by atoms with Crippen molar-refractivity contribution in [3.05, 3.63) is 35.4 Å². The lowest BCUT2D eigenvalue weighted by atomic mass is 10.1. The molecule has 3 rings (SSSR count). The molecule has 0 amide bonds. The fourth-order valence-corrected chi connectivity index (χ4v) is 3.74. The smallest absolute Gasteiger partial charge is 0.159 e. The van der Waals surface area contributed by atoms with E-state index in [-0.39, 0.29) is 0 Å². The highest BCUT2D eigenvalue weighted by atomic mass is 32.2. The molecule has 3 nitrogen and oxygen atoms in total. The van der Waals surface area contributed by atoms with Gasteiger partial charge in [0, 0.05) is 18.3 Å². The Labute approximate surface area is 119 Å². The number of benzene rings is 1. The molecular formula is C15H20N2OS. The van der Waals surface area contributed by atoms with Crippen molar-refractivity contribution in [2.45, 2.75) is 18.6 Å². The molecule has 0 aliphatic carbocycles. The van der Waals surface area contributed by atoms with Gasteiger partial charge in [0.25, 0.3) is 0 Å². The summed E-state index contributed by atoms with van der Waals surface area (Å²) in [5, 5.41) is 1.82. The van der Waals surface area contributed by atoms with Gasteiger partial charge in [-0.25, -0.2) is 0 Å². The summed E-state index contributed by atoms with van der Waals surface area (Å²) in [6.45, 7) is 6.75. The molecule has 102 valence electrons. The van der Waals surface area contributed by atoms with Gasteiger partial charge in [-0.1, -0.05) is 41.6 Å². The molecule has 1 fully saturated rings. The molecule has 1 aromatic rings. The van der Waals surface area contributed by atoms with Gasteiger partial charge in [0.2, 0.25) is 0 Å². The summed E-state index contributed by atoms with van der Waals surface area (Å²) in [7, 11) is 0. The quantitative estimate of drug-likeness (QED) is 0.829. The Morgan fingerprint density at radius 2 is 2.21 bits per heavy atom. The number of morpholine rings is 1. The topological polar surface area (TPSA) is 24.8 Å². The first-order chi connectivity index (χ1) is 9.31. The van der Waals surface area contributed by atoms with Gasteiger partial charge in [-0.05, 0) is 18.9 Å². The molecule has 19 heavy (non-hydrogen) atoms. The van der Waals surface area contributed by atoms with E-state index < -0.39 is 0 Å². The van der Waals surface area contributed by atoms with Crippen molar-refractivity contribution in [1.29, 1.82) is 0 Å². The largest absolute Gasteiger partial charge is 0.378 e. The van der Waals surface area contributed by atoms with Gasteiger partial charge in [0.1, 0.15) is 0 Å². The lowest BCUT2D eigenvalue weighted by molar-refractivity contribution is 0.0693. The lowest BCUT2D eigenvalue weighted by Crippen LogP contribution is -2.39. The first-order valence-electron chi connectivity index (χ1n) is 6.90. The normalized spacial score (nSPS) is 23.5. The average Bonchev–Trinajstić information content (AvgIpc) is 2.88. The van der Waals surface area contributed by atoms with E-state index in [1.165, 1.54) is 16.3 Å². The van der Waals surface area contributed by atoms with Crippen LogP contribution in [0.4, 0.5) is 0 Å². The summed E-state index contributed by atoms with van der Waals surface area (Å²) in [6, 6.07) is 8.81. The van der Waals surface area contributed by atoms with Gasteiger partial charge >= 0.3 is 0 Å². The highest BCUT2D eigenvalue weighted by Crippen LogP contribution is 2.27. The third-order valence-electron chi connectivity index (χ3n) is 3.53. The minimum absolute atomic E-state index is 0.597. The highest BCUT2D eigenvalue weighted by Gasteiger charge is 2.25. The minimum atomic E-state index is 0.597. The second-order valence-corrected chi connectivity index (χ2v) is 6.42. The van der Waals surface area contributed by atoms with Crippen LogP contribution >= 0.6 is 11.8 Å². The zero-order valence-corrected chi connectivity index (χ0v) is 12.2. The third-order valence-corrected chi connectivity index (χ3v) is 4.78. The van der Waals surface area contributed by atoms with Gasteiger partial charge in [-0.3, -0.25) is 4.99 Å². The minimum Gasteiger partial charge on any atom is -0.378 e. The van der Waals surface area contributed by atoms with E-state index in [4.69, 9.17) is 9.73 Å². The molecule has 1 unspecified atom stereocenters. The Hall–Kier alpha value is -1.00. The van der Waals surface area contributed by atoms with Crippen molar-refractivity contribution in [1.82, 2.24) is 4.90 Å². The molecule has 1 saturated heterocycles. The summed E-state index contributed by atoms with van der Waals surface area (Å²) in [5.74, 6) is 0. The molecule has 0 saturated carbocycles. The van der Waals surface area contributed by atoms with Crippen LogP contribution in [-0.2, 0) is 11.2 Å². The number of nitrogens with zero attached hydrogens (tertiary/aromatic N) is 2. The van der Waals surface area contributed by atoms with E-state index in [1.54, 1.807) is 0 Å². The van der Waals surface area contributed by atoms with E-state index in [2.05, 4.69) is 36.1 Å². The average molecular weight is 276 g/mol. The molecule has 1 atom stereocenters. The standard InChI is InChI=1S/C15H20N2OS/c1-12-3-2-4-13(9-12)10-14-11-16-15(19-14)17-5-7-18-8-6-17/h2-4,9,14H,5-8,10-11H2,1H3. The van der Waals surface area contributed by atoms with Crippen LogP contribution in [0, 0.1) is 6.92 Å². The number of amidine groups is 1. The second-order valence-electron chi connectivity index (χ2n) is 5.16. The zero-order valence-electron chi connectivity index (χ0n) is 11.3. The third kappa shape index (κ3) is 3.31. The molecule has 0 aromatic heterocycles. The number of aliphatic imine (C=N–C) groups is 1. The lowest BCUT2D eigenvalue weighted by Gasteiger charge is -2.28. The van der Waals surface area contributed by atoms with E-state index in [9.17, 15) is 0 Å². The molecule has 2 aliphatic rings. The van der Waals surface area contributed by atoms with Crippen molar-refractivity contribution in [2.24, 2.45) is 4.99 Å². The van der Waals surface area contributed by atoms with Gasteiger partial charge in [-0.2, -0.15) is 0 Å². The van der Waals surface area contributed by atoms with E-state index in [0.29, 0.717) is 5.25 Å². The van der Waals surface area contributed by atoms with E-state index in [0.717, 1.165) is 39.3 Å². The summed E-state index contributed by atoms with van der Waals surface area (Å²) in [4.78, 5) is 7.07. The number of thioether (sulfide) groups is 1. The van der Waals surface area contributed by atoms with E-state index >= 15 is 0 Å². The van der Waals surface area contributed by atoms with Gasteiger partial charge in [-0.15, -0.1) is 0 Å². The van der Waals surface area contributed by atoms with Crippen LogP contribution in [0.1, 0.15) is 11.1 Å². The van der Waals surface area contributed by atoms with Crippen LogP contribution in [0.15, 0.2) is 29.3 Å². The van der Waals surface area contributed by atoms with Gasteiger partial charge in [0.05, 0.1) is 19.8 Å². The number of aryl methyl sites for hydroxylation is 1. The highest BCUT2D eigenvalue weighted by molar-refractivity contribution is 8.14. The second kappa shape index (κ2) is 5.97. The molecule has 0 bridgehead atoms. The zero-order chi connectivity index (χ0) is 13.1. The predicted octanol–water partition coefficient (Wildman–Crippen LogP) is 2.34. The van der Waals surface area contributed by atoms with Crippen molar-refractivity contribution in [2.75, 3.05) is 32.8 Å². The fourth-order valence-electron chi connectivity index (χ4n) is 2.54.